The lowest BCUT2D eigenvalue weighted by atomic mass is 10.2. The van der Waals surface area contributed by atoms with Gasteiger partial charge in [-0.15, -0.1) is 0 Å². The molecular formula is C15H22ClN2O2PS2. The van der Waals surface area contributed by atoms with Crippen LogP contribution in [0.15, 0.2) is 23.2 Å². The quantitative estimate of drug-likeness (QED) is 0.558. The fourth-order valence-electron chi connectivity index (χ4n) is 2.06. The number of benzene rings is 1. The number of aliphatic imine (C=N–C) groups is 1. The Morgan fingerprint density at radius 2 is 2.30 bits per heavy atom. The van der Waals surface area contributed by atoms with Crippen molar-refractivity contribution in [2.75, 3.05) is 19.4 Å². The first-order chi connectivity index (χ1) is 10.9. The largest absolute Gasteiger partial charge is 0.355 e. The van der Waals surface area contributed by atoms with Gasteiger partial charge in [0.2, 0.25) is 0 Å². The number of aryl methyl sites for hydroxylation is 1. The van der Waals surface area contributed by atoms with Crippen LogP contribution in [-0.4, -0.2) is 34.5 Å². The van der Waals surface area contributed by atoms with Crippen molar-refractivity contribution < 1.29 is 9.09 Å². The van der Waals surface area contributed by atoms with Gasteiger partial charge in [0, 0.05) is 29.7 Å². The van der Waals surface area contributed by atoms with E-state index in [0.717, 1.165) is 28.6 Å². The van der Waals surface area contributed by atoms with E-state index in [0.29, 0.717) is 11.6 Å². The van der Waals surface area contributed by atoms with Crippen LogP contribution in [0.4, 0.5) is 5.69 Å². The normalized spacial score (nSPS) is 20.7. The van der Waals surface area contributed by atoms with Crippen LogP contribution in [0, 0.1) is 6.92 Å². The van der Waals surface area contributed by atoms with E-state index >= 15 is 0 Å². The maximum atomic E-state index is 13.2. The van der Waals surface area contributed by atoms with Gasteiger partial charge in [-0.2, -0.15) is 0 Å². The Hall–Kier alpha value is -0.130. The van der Waals surface area contributed by atoms with Gasteiger partial charge >= 0.3 is 6.72 Å². The summed E-state index contributed by atoms with van der Waals surface area (Å²) in [7, 11) is 1.52. The molecule has 1 aliphatic heterocycles. The maximum absolute atomic E-state index is 13.2. The van der Waals surface area contributed by atoms with Crippen LogP contribution in [0.25, 0.3) is 0 Å². The van der Waals surface area contributed by atoms with Crippen LogP contribution in [0.2, 0.25) is 5.02 Å². The van der Waals surface area contributed by atoms with Crippen LogP contribution < -0.4 is 0 Å². The van der Waals surface area contributed by atoms with E-state index < -0.39 is 6.72 Å². The Kier molecular flexibility index (Phi) is 6.93. The van der Waals surface area contributed by atoms with E-state index in [2.05, 4.69) is 13.8 Å². The predicted molar refractivity (Wildman–Crippen MR) is 104 cm³/mol. The lowest BCUT2D eigenvalue weighted by molar-refractivity contribution is 0.374. The highest BCUT2D eigenvalue weighted by Gasteiger charge is 2.39. The summed E-state index contributed by atoms with van der Waals surface area (Å²) in [4.78, 5) is 4.71. The van der Waals surface area contributed by atoms with Gasteiger partial charge < -0.3 is 4.52 Å². The first-order valence-electron chi connectivity index (χ1n) is 7.49. The van der Waals surface area contributed by atoms with Gasteiger partial charge in [-0.25, -0.2) is 4.99 Å². The zero-order chi connectivity index (χ0) is 17.0. The van der Waals surface area contributed by atoms with Crippen LogP contribution in [-0.2, 0) is 9.09 Å². The summed E-state index contributed by atoms with van der Waals surface area (Å²) in [5.41, 5.74) is 1.85. The number of rotatable bonds is 6. The average molecular weight is 393 g/mol. The van der Waals surface area contributed by atoms with Crippen LogP contribution in [0.5, 0.6) is 0 Å². The summed E-state index contributed by atoms with van der Waals surface area (Å²) in [5, 5.41) is 1.72. The number of hydrogen-bond donors (Lipinski definition) is 0. The summed E-state index contributed by atoms with van der Waals surface area (Å²) >= 11 is 9.02. The van der Waals surface area contributed by atoms with Gasteiger partial charge in [0.25, 0.3) is 0 Å². The molecular weight excluding hydrogens is 371 g/mol. The summed E-state index contributed by atoms with van der Waals surface area (Å²) < 4.78 is 20.5. The number of hydrogen-bond acceptors (Lipinski definition) is 5. The minimum Gasteiger partial charge on any atom is -0.309 e. The predicted octanol–water partition coefficient (Wildman–Crippen LogP) is 5.97. The molecule has 0 radical (unpaired) electrons. The second-order valence-electron chi connectivity index (χ2n) is 5.27. The van der Waals surface area contributed by atoms with E-state index in [1.165, 1.54) is 18.5 Å². The molecule has 0 aliphatic carbocycles. The highest BCUT2D eigenvalue weighted by Crippen LogP contribution is 2.65. The SMILES string of the molecule is CCC(C)SP(=O)(OC)N1CCSC1=Nc1ccc(Cl)cc1C. The summed E-state index contributed by atoms with van der Waals surface area (Å²) in [6, 6.07) is 5.59. The zero-order valence-electron chi connectivity index (χ0n) is 13.8. The van der Waals surface area contributed by atoms with E-state index in [4.69, 9.17) is 21.1 Å². The maximum Gasteiger partial charge on any atom is 0.355 e. The number of nitrogens with zero attached hydrogens (tertiary/aromatic N) is 2. The van der Waals surface area contributed by atoms with E-state index in [9.17, 15) is 4.57 Å². The van der Waals surface area contributed by atoms with E-state index in [1.807, 2.05) is 29.8 Å². The van der Waals surface area contributed by atoms with Crippen molar-refractivity contribution in [1.29, 1.82) is 0 Å². The van der Waals surface area contributed by atoms with Gasteiger partial charge in [0.1, 0.15) is 0 Å². The highest BCUT2D eigenvalue weighted by molar-refractivity contribution is 8.56. The molecule has 8 heteroatoms. The van der Waals surface area contributed by atoms with Crippen molar-refractivity contribution in [3.8, 4) is 0 Å². The van der Waals surface area contributed by atoms with Gasteiger partial charge in [-0.05, 0) is 48.5 Å². The molecule has 0 bridgehead atoms. The Morgan fingerprint density at radius 1 is 1.57 bits per heavy atom. The average Bonchev–Trinajstić information content (AvgIpc) is 2.98. The molecule has 1 aliphatic rings. The van der Waals surface area contributed by atoms with Crippen molar-refractivity contribution in [3.63, 3.8) is 0 Å². The molecule has 1 heterocycles. The van der Waals surface area contributed by atoms with Crippen LogP contribution in [0.1, 0.15) is 25.8 Å². The molecule has 1 fully saturated rings. The molecule has 4 nitrogen and oxygen atoms in total. The molecule has 2 atom stereocenters. The summed E-state index contributed by atoms with van der Waals surface area (Å²) in [5.74, 6) is 0.861. The minimum absolute atomic E-state index is 0.268. The molecule has 0 amide bonds. The molecule has 0 spiro atoms. The second kappa shape index (κ2) is 8.30. The summed E-state index contributed by atoms with van der Waals surface area (Å²) in [6.07, 6.45) is 0.946. The zero-order valence-corrected chi connectivity index (χ0v) is 17.1. The second-order valence-corrected chi connectivity index (χ2v) is 11.6. The standard InChI is InChI=1S/C15H22ClN2O2PS2/c1-5-12(3)23-21(19,20-4)18-8-9-22-15(18)17-14-7-6-13(16)10-11(14)2/h6-7,10,12H,5,8-9H2,1-4H3. The van der Waals surface area contributed by atoms with Crippen LogP contribution in [0.3, 0.4) is 0 Å². The molecule has 0 N–H and O–H groups in total. The lowest BCUT2D eigenvalue weighted by Gasteiger charge is -2.28. The van der Waals surface area contributed by atoms with Crippen molar-refractivity contribution in [3.05, 3.63) is 28.8 Å². The Labute approximate surface area is 151 Å². The Morgan fingerprint density at radius 3 is 2.91 bits per heavy atom. The van der Waals surface area contributed by atoms with Crippen LogP contribution >= 0.6 is 41.5 Å². The third kappa shape index (κ3) is 4.70. The molecule has 1 saturated heterocycles. The highest BCUT2D eigenvalue weighted by atomic mass is 35.5. The fraction of sp³-hybridized carbons (Fsp3) is 0.533. The fourth-order valence-corrected chi connectivity index (χ4v) is 8.42. The Bertz CT molecular complexity index is 642. The van der Waals surface area contributed by atoms with Crippen molar-refractivity contribution in [1.82, 2.24) is 4.67 Å². The van der Waals surface area contributed by atoms with E-state index in [1.54, 1.807) is 11.8 Å². The third-order valence-corrected chi connectivity index (χ3v) is 10.2. The van der Waals surface area contributed by atoms with Gasteiger partial charge in [-0.1, -0.05) is 37.2 Å². The number of halogens is 1. The van der Waals surface area contributed by atoms with Crippen molar-refractivity contribution >= 4 is 52.3 Å². The molecule has 23 heavy (non-hydrogen) atoms. The monoisotopic (exact) mass is 392 g/mol. The first kappa shape index (κ1) is 19.2. The molecule has 0 saturated carbocycles. The van der Waals surface area contributed by atoms with E-state index in [-0.39, 0.29) is 5.25 Å². The lowest BCUT2D eigenvalue weighted by Crippen LogP contribution is -2.21. The van der Waals surface area contributed by atoms with Gasteiger partial charge in [-0.3, -0.25) is 9.24 Å². The van der Waals surface area contributed by atoms with Crippen molar-refractivity contribution in [2.45, 2.75) is 32.4 Å². The topological polar surface area (TPSA) is 41.9 Å². The molecule has 1 aromatic rings. The van der Waals surface area contributed by atoms with Gasteiger partial charge in [0.15, 0.2) is 5.17 Å². The smallest absolute Gasteiger partial charge is 0.309 e. The summed E-state index contributed by atoms with van der Waals surface area (Å²) in [6.45, 7) is 3.85. The van der Waals surface area contributed by atoms with Gasteiger partial charge in [0.05, 0.1) is 5.69 Å². The van der Waals surface area contributed by atoms with Crippen molar-refractivity contribution in [2.24, 2.45) is 4.99 Å². The number of thioether (sulfide) groups is 1. The number of amidine groups is 1. The molecule has 1 aromatic carbocycles. The molecule has 0 aromatic heterocycles. The minimum atomic E-state index is -2.97. The Balaban J connectivity index is 2.31. The molecule has 2 unspecified atom stereocenters. The third-order valence-electron chi connectivity index (χ3n) is 3.54. The molecule has 128 valence electrons. The molecule has 2 rings (SSSR count). The first-order valence-corrected chi connectivity index (χ1v) is 11.9.